The van der Waals surface area contributed by atoms with E-state index in [0.29, 0.717) is 36.0 Å². The maximum absolute atomic E-state index is 11.7. The number of rotatable bonds is 7. The van der Waals surface area contributed by atoms with Gasteiger partial charge in [-0.05, 0) is 116 Å². The quantitative estimate of drug-likeness (QED) is 0.431. The standard InChI is InChI=1S/C28H48O5/c1-16(13-26(32)33)5-10-24(30)17(2)21-8-9-22-20-7-6-18-14-19(29)11-12-27(18,3)23(20)15-25(31)28(21,22)4/h16-25,29-31H,5-15H2,1-4H3,(H,32,33)/t16?,17-,18+,19+,20-,21+,22-,23-,24?,25-,27-,28+/m0/s1. The van der Waals surface area contributed by atoms with Crippen molar-refractivity contribution in [3.05, 3.63) is 0 Å². The van der Waals surface area contributed by atoms with Gasteiger partial charge in [-0.2, -0.15) is 0 Å². The zero-order valence-corrected chi connectivity index (χ0v) is 21.2. The fourth-order valence-corrected chi connectivity index (χ4v) is 9.48. The Morgan fingerprint density at radius 3 is 2.39 bits per heavy atom. The first-order chi connectivity index (χ1) is 15.5. The SMILES string of the molecule is CC(CCC(O)[C@@H](C)[C@H]1CC[C@H]2[C@@H]3CC[C@@H]4C[C@H](O)CC[C@]4(C)[C@H]3C[C@H](O)[C@]12C)CC(=O)O. The highest BCUT2D eigenvalue weighted by Crippen LogP contribution is 2.68. The summed E-state index contributed by atoms with van der Waals surface area (Å²) in [7, 11) is 0. The van der Waals surface area contributed by atoms with Gasteiger partial charge in [-0.3, -0.25) is 4.79 Å². The smallest absolute Gasteiger partial charge is 0.303 e. The first kappa shape index (κ1) is 25.4. The average molecular weight is 465 g/mol. The molecular weight excluding hydrogens is 416 g/mol. The molecule has 4 fully saturated rings. The first-order valence-electron chi connectivity index (χ1n) is 13.7. The Labute approximate surface area is 200 Å². The largest absolute Gasteiger partial charge is 0.481 e. The summed E-state index contributed by atoms with van der Waals surface area (Å²) in [6, 6.07) is 0. The molecule has 5 nitrogen and oxygen atoms in total. The molecule has 4 aliphatic carbocycles. The highest BCUT2D eigenvalue weighted by Gasteiger charge is 2.64. The van der Waals surface area contributed by atoms with Crippen LogP contribution >= 0.6 is 0 Å². The third kappa shape index (κ3) is 4.40. The van der Waals surface area contributed by atoms with E-state index in [2.05, 4.69) is 20.8 Å². The molecule has 0 aromatic rings. The lowest BCUT2D eigenvalue weighted by atomic mass is 9.43. The van der Waals surface area contributed by atoms with E-state index >= 15 is 0 Å². The summed E-state index contributed by atoms with van der Waals surface area (Å²) >= 11 is 0. The van der Waals surface area contributed by atoms with Gasteiger partial charge >= 0.3 is 5.97 Å². The van der Waals surface area contributed by atoms with Gasteiger partial charge in [0.1, 0.15) is 0 Å². The van der Waals surface area contributed by atoms with E-state index in [0.717, 1.165) is 44.9 Å². The third-order valence-corrected chi connectivity index (χ3v) is 11.5. The Balaban J connectivity index is 1.47. The molecule has 4 rings (SSSR count). The summed E-state index contributed by atoms with van der Waals surface area (Å²) in [6.07, 6.45) is 9.04. The van der Waals surface area contributed by atoms with E-state index < -0.39 is 12.1 Å². The number of hydrogen-bond acceptors (Lipinski definition) is 4. The van der Waals surface area contributed by atoms with Gasteiger partial charge in [0.25, 0.3) is 0 Å². The number of carbonyl (C=O) groups is 1. The Morgan fingerprint density at radius 2 is 1.70 bits per heavy atom. The van der Waals surface area contributed by atoms with Crippen molar-refractivity contribution in [3.8, 4) is 0 Å². The Hall–Kier alpha value is -0.650. The summed E-state index contributed by atoms with van der Waals surface area (Å²) in [5, 5.41) is 42.0. The van der Waals surface area contributed by atoms with Crippen molar-refractivity contribution in [1.82, 2.24) is 0 Å². The molecule has 0 bridgehead atoms. The van der Waals surface area contributed by atoms with Crippen LogP contribution in [0.2, 0.25) is 0 Å². The number of carboxylic acid groups (broad SMARTS) is 1. The minimum atomic E-state index is -0.771. The predicted octanol–water partition coefficient (Wildman–Crippen LogP) is 4.87. The van der Waals surface area contributed by atoms with Crippen molar-refractivity contribution < 1.29 is 25.2 Å². The monoisotopic (exact) mass is 464 g/mol. The molecule has 0 aliphatic heterocycles. The first-order valence-corrected chi connectivity index (χ1v) is 13.7. The maximum atomic E-state index is 11.7. The van der Waals surface area contributed by atoms with Gasteiger partial charge in [-0.15, -0.1) is 0 Å². The molecule has 12 atom stereocenters. The molecule has 0 aromatic heterocycles. The molecule has 0 radical (unpaired) electrons. The Kier molecular flexibility index (Phi) is 7.27. The molecule has 0 aromatic carbocycles. The molecule has 5 heteroatoms. The minimum Gasteiger partial charge on any atom is -0.481 e. The number of aliphatic hydroxyl groups is 3. The summed E-state index contributed by atoms with van der Waals surface area (Å²) in [5.74, 6) is 2.02. The van der Waals surface area contributed by atoms with Gasteiger partial charge in [-0.1, -0.05) is 27.7 Å². The van der Waals surface area contributed by atoms with Crippen LogP contribution in [-0.2, 0) is 4.79 Å². The summed E-state index contributed by atoms with van der Waals surface area (Å²) in [4.78, 5) is 11.0. The zero-order chi connectivity index (χ0) is 24.1. The number of aliphatic carboxylic acids is 1. The lowest BCUT2D eigenvalue weighted by molar-refractivity contribution is -0.178. The number of fused-ring (bicyclic) bond motifs is 5. The molecular formula is C28H48O5. The van der Waals surface area contributed by atoms with Crippen molar-refractivity contribution in [2.24, 2.45) is 52.3 Å². The molecule has 0 heterocycles. The molecule has 4 aliphatic rings. The Morgan fingerprint density at radius 1 is 0.970 bits per heavy atom. The maximum Gasteiger partial charge on any atom is 0.303 e. The zero-order valence-electron chi connectivity index (χ0n) is 21.2. The molecule has 0 saturated heterocycles. The van der Waals surface area contributed by atoms with Crippen LogP contribution in [0, 0.1) is 52.3 Å². The molecule has 33 heavy (non-hydrogen) atoms. The second-order valence-corrected chi connectivity index (χ2v) is 13.1. The summed E-state index contributed by atoms with van der Waals surface area (Å²) < 4.78 is 0. The van der Waals surface area contributed by atoms with Crippen LogP contribution < -0.4 is 0 Å². The van der Waals surface area contributed by atoms with Crippen molar-refractivity contribution >= 4 is 5.97 Å². The molecule has 4 saturated carbocycles. The lowest BCUT2D eigenvalue weighted by Crippen LogP contribution is -2.59. The van der Waals surface area contributed by atoms with Crippen LogP contribution in [0.25, 0.3) is 0 Å². The van der Waals surface area contributed by atoms with Gasteiger partial charge in [0, 0.05) is 6.42 Å². The van der Waals surface area contributed by atoms with Crippen molar-refractivity contribution in [3.63, 3.8) is 0 Å². The fraction of sp³-hybridized carbons (Fsp3) is 0.964. The van der Waals surface area contributed by atoms with E-state index in [9.17, 15) is 20.1 Å². The molecule has 0 amide bonds. The van der Waals surface area contributed by atoms with Crippen LogP contribution in [-0.4, -0.2) is 44.7 Å². The average Bonchev–Trinajstić information content (AvgIpc) is 3.11. The van der Waals surface area contributed by atoms with Crippen LogP contribution in [0.5, 0.6) is 0 Å². The minimum absolute atomic E-state index is 0.0715. The van der Waals surface area contributed by atoms with Crippen LogP contribution in [0.3, 0.4) is 0 Å². The highest BCUT2D eigenvalue weighted by atomic mass is 16.4. The van der Waals surface area contributed by atoms with E-state index in [4.69, 9.17) is 5.11 Å². The molecule has 0 spiro atoms. The summed E-state index contributed by atoms with van der Waals surface area (Å²) in [6.45, 7) is 8.87. The third-order valence-electron chi connectivity index (χ3n) is 11.5. The van der Waals surface area contributed by atoms with Crippen molar-refractivity contribution in [2.45, 2.75) is 117 Å². The van der Waals surface area contributed by atoms with Gasteiger partial charge in [0.15, 0.2) is 0 Å². The number of aliphatic hydroxyl groups excluding tert-OH is 3. The van der Waals surface area contributed by atoms with Crippen molar-refractivity contribution in [1.29, 1.82) is 0 Å². The van der Waals surface area contributed by atoms with Crippen LogP contribution in [0.1, 0.15) is 98.3 Å². The van der Waals surface area contributed by atoms with E-state index in [1.165, 1.54) is 12.8 Å². The molecule has 4 N–H and O–H groups in total. The van der Waals surface area contributed by atoms with Crippen LogP contribution in [0.4, 0.5) is 0 Å². The number of hydrogen-bond donors (Lipinski definition) is 4. The highest BCUT2D eigenvalue weighted by molar-refractivity contribution is 5.66. The second-order valence-electron chi connectivity index (χ2n) is 13.1. The van der Waals surface area contributed by atoms with Crippen LogP contribution in [0.15, 0.2) is 0 Å². The van der Waals surface area contributed by atoms with E-state index in [1.54, 1.807) is 0 Å². The molecule has 190 valence electrons. The normalized spacial score (nSPS) is 47.7. The predicted molar refractivity (Wildman–Crippen MR) is 128 cm³/mol. The van der Waals surface area contributed by atoms with Gasteiger partial charge in [0.05, 0.1) is 18.3 Å². The fourth-order valence-electron chi connectivity index (χ4n) is 9.48. The Bertz CT molecular complexity index is 710. The van der Waals surface area contributed by atoms with E-state index in [1.807, 2.05) is 6.92 Å². The lowest BCUT2D eigenvalue weighted by Gasteiger charge is -2.62. The van der Waals surface area contributed by atoms with E-state index in [-0.39, 0.29) is 41.3 Å². The second kappa shape index (κ2) is 9.43. The van der Waals surface area contributed by atoms with Crippen molar-refractivity contribution in [2.75, 3.05) is 0 Å². The van der Waals surface area contributed by atoms with Gasteiger partial charge < -0.3 is 20.4 Å². The topological polar surface area (TPSA) is 98.0 Å². The number of carboxylic acids is 1. The molecule has 2 unspecified atom stereocenters. The van der Waals surface area contributed by atoms with Gasteiger partial charge in [-0.25, -0.2) is 0 Å². The van der Waals surface area contributed by atoms with Gasteiger partial charge in [0.2, 0.25) is 0 Å². The summed E-state index contributed by atoms with van der Waals surface area (Å²) in [5.41, 5.74) is 0.0968.